The molecule has 108 valence electrons. The van der Waals surface area contributed by atoms with Crippen LogP contribution in [0.4, 0.5) is 0 Å². The molecular weight excluding hydrogens is 288 g/mol. The molecule has 3 heteroatoms. The topological polar surface area (TPSA) is 9.23 Å². The first-order valence-corrected chi connectivity index (χ1v) is 8.50. The summed E-state index contributed by atoms with van der Waals surface area (Å²) < 4.78 is 5.67. The summed E-state index contributed by atoms with van der Waals surface area (Å²) in [5.41, 5.74) is 2.67. The molecule has 0 N–H and O–H groups in total. The van der Waals surface area contributed by atoms with Crippen LogP contribution in [0.3, 0.4) is 0 Å². The first-order valence-electron chi connectivity index (χ1n) is 7.18. The average molecular weight is 309 g/mol. The molecule has 0 atom stereocenters. The molecule has 2 aromatic rings. The Kier molecular flexibility index (Phi) is 7.13. The third-order valence-electron chi connectivity index (χ3n) is 3.27. The van der Waals surface area contributed by atoms with Crippen molar-refractivity contribution in [2.45, 2.75) is 38.7 Å². The summed E-state index contributed by atoms with van der Waals surface area (Å²) in [6.07, 6.45) is 6.20. The van der Waals surface area contributed by atoms with Crippen LogP contribution in [-0.2, 0) is 17.8 Å². The maximum Gasteiger partial charge on any atom is 0.0716 e. The van der Waals surface area contributed by atoms with Gasteiger partial charge in [0.25, 0.3) is 0 Å². The van der Waals surface area contributed by atoms with Crippen LogP contribution in [0.1, 0.15) is 36.8 Å². The fraction of sp³-hybridized carbons (Fsp3) is 0.412. The first kappa shape index (κ1) is 15.6. The molecule has 0 aliphatic heterocycles. The number of aryl methyl sites for hydroxylation is 1. The van der Waals surface area contributed by atoms with Crippen LogP contribution >= 0.6 is 22.9 Å². The lowest BCUT2D eigenvalue weighted by Crippen LogP contribution is -1.95. The maximum atomic E-state index is 5.84. The third-order valence-corrected chi connectivity index (χ3v) is 4.25. The summed E-state index contributed by atoms with van der Waals surface area (Å²) in [6.45, 7) is 1.53. The van der Waals surface area contributed by atoms with E-state index in [9.17, 15) is 0 Å². The normalized spacial score (nSPS) is 10.8. The zero-order valence-electron chi connectivity index (χ0n) is 11.7. The molecule has 20 heavy (non-hydrogen) atoms. The predicted molar refractivity (Wildman–Crippen MR) is 87.6 cm³/mol. The predicted octanol–water partition coefficient (Wildman–Crippen LogP) is 5.72. The van der Waals surface area contributed by atoms with E-state index in [1.165, 1.54) is 36.8 Å². The lowest BCUT2D eigenvalue weighted by molar-refractivity contribution is 0.117. The number of unbranched alkanes of at least 4 members (excludes halogenated alkanes) is 3. The lowest BCUT2D eigenvalue weighted by atomic mass is 10.1. The zero-order chi connectivity index (χ0) is 14.0. The molecule has 0 saturated heterocycles. The van der Waals surface area contributed by atoms with Gasteiger partial charge in [-0.15, -0.1) is 0 Å². The number of hydrogen-bond acceptors (Lipinski definition) is 2. The number of benzene rings is 1. The highest BCUT2D eigenvalue weighted by molar-refractivity contribution is 7.07. The van der Waals surface area contributed by atoms with E-state index in [2.05, 4.69) is 16.8 Å². The summed E-state index contributed by atoms with van der Waals surface area (Å²) >= 11 is 7.63. The number of hydrogen-bond donors (Lipinski definition) is 0. The van der Waals surface area contributed by atoms with Gasteiger partial charge in [-0.05, 0) is 59.3 Å². The summed E-state index contributed by atoms with van der Waals surface area (Å²) in [5.74, 6) is 0. The Morgan fingerprint density at radius 1 is 0.900 bits per heavy atom. The van der Waals surface area contributed by atoms with Crippen molar-refractivity contribution in [1.29, 1.82) is 0 Å². The quantitative estimate of drug-likeness (QED) is 0.538. The molecule has 0 bridgehead atoms. The second-order valence-corrected chi connectivity index (χ2v) is 6.19. The van der Waals surface area contributed by atoms with Gasteiger partial charge in [0.2, 0.25) is 0 Å². The van der Waals surface area contributed by atoms with E-state index in [1.54, 1.807) is 11.3 Å². The molecule has 0 spiro atoms. The van der Waals surface area contributed by atoms with Gasteiger partial charge >= 0.3 is 0 Å². The van der Waals surface area contributed by atoms with E-state index in [-0.39, 0.29) is 0 Å². The van der Waals surface area contributed by atoms with Gasteiger partial charge in [0.1, 0.15) is 0 Å². The van der Waals surface area contributed by atoms with Crippen LogP contribution in [-0.4, -0.2) is 6.61 Å². The summed E-state index contributed by atoms with van der Waals surface area (Å²) in [6, 6.07) is 10.1. The zero-order valence-corrected chi connectivity index (χ0v) is 13.3. The molecule has 0 fully saturated rings. The van der Waals surface area contributed by atoms with Crippen LogP contribution in [0.5, 0.6) is 0 Å². The van der Waals surface area contributed by atoms with Crippen molar-refractivity contribution < 1.29 is 4.74 Å². The van der Waals surface area contributed by atoms with E-state index >= 15 is 0 Å². The van der Waals surface area contributed by atoms with Crippen LogP contribution < -0.4 is 0 Å². The Balaban J connectivity index is 1.44. The highest BCUT2D eigenvalue weighted by Crippen LogP contribution is 2.12. The number of halogens is 1. The molecule has 1 nitrogen and oxygen atoms in total. The molecule has 0 amide bonds. The SMILES string of the molecule is Clc1ccc(COCCCCCCc2ccsc2)cc1. The van der Waals surface area contributed by atoms with Crippen molar-refractivity contribution in [3.63, 3.8) is 0 Å². The Morgan fingerprint density at radius 2 is 1.70 bits per heavy atom. The smallest absolute Gasteiger partial charge is 0.0716 e. The molecule has 2 rings (SSSR count). The number of rotatable bonds is 9. The molecule has 0 radical (unpaired) electrons. The Hall–Kier alpha value is -0.830. The van der Waals surface area contributed by atoms with E-state index < -0.39 is 0 Å². The van der Waals surface area contributed by atoms with E-state index in [0.717, 1.165) is 18.1 Å². The maximum absolute atomic E-state index is 5.84. The molecule has 1 aromatic carbocycles. The van der Waals surface area contributed by atoms with Gasteiger partial charge in [0.05, 0.1) is 6.61 Å². The van der Waals surface area contributed by atoms with Gasteiger partial charge in [0.15, 0.2) is 0 Å². The van der Waals surface area contributed by atoms with Crippen LogP contribution in [0.2, 0.25) is 5.02 Å². The van der Waals surface area contributed by atoms with Crippen molar-refractivity contribution in [3.8, 4) is 0 Å². The van der Waals surface area contributed by atoms with Crippen LogP contribution in [0, 0.1) is 0 Å². The fourth-order valence-electron chi connectivity index (χ4n) is 2.09. The van der Waals surface area contributed by atoms with Gasteiger partial charge < -0.3 is 4.74 Å². The van der Waals surface area contributed by atoms with Gasteiger partial charge in [0, 0.05) is 11.6 Å². The molecule has 1 heterocycles. The Labute approximate surface area is 130 Å². The van der Waals surface area contributed by atoms with Gasteiger partial charge in [-0.25, -0.2) is 0 Å². The van der Waals surface area contributed by atoms with Crippen molar-refractivity contribution in [2.75, 3.05) is 6.61 Å². The molecule has 0 aliphatic rings. The van der Waals surface area contributed by atoms with E-state index in [1.807, 2.05) is 24.3 Å². The Bertz CT molecular complexity index is 464. The average Bonchev–Trinajstić information content (AvgIpc) is 2.97. The minimum Gasteiger partial charge on any atom is -0.377 e. The van der Waals surface area contributed by atoms with Crippen LogP contribution in [0.15, 0.2) is 41.1 Å². The lowest BCUT2D eigenvalue weighted by Gasteiger charge is -2.04. The second-order valence-electron chi connectivity index (χ2n) is 4.97. The standard InChI is InChI=1S/C17H21ClOS/c18-17-8-6-15(7-9-17)13-19-11-4-2-1-3-5-16-10-12-20-14-16/h6-10,12,14H,1-5,11,13H2. The second kappa shape index (κ2) is 9.17. The van der Waals surface area contributed by atoms with E-state index in [4.69, 9.17) is 16.3 Å². The highest BCUT2D eigenvalue weighted by atomic mass is 35.5. The largest absolute Gasteiger partial charge is 0.377 e. The molecule has 1 aromatic heterocycles. The van der Waals surface area contributed by atoms with Crippen molar-refractivity contribution >= 4 is 22.9 Å². The molecular formula is C17H21ClOS. The first-order chi connectivity index (χ1) is 9.84. The van der Waals surface area contributed by atoms with Gasteiger partial charge in [-0.2, -0.15) is 11.3 Å². The van der Waals surface area contributed by atoms with Crippen molar-refractivity contribution in [1.82, 2.24) is 0 Å². The Morgan fingerprint density at radius 3 is 2.45 bits per heavy atom. The van der Waals surface area contributed by atoms with Gasteiger partial charge in [-0.1, -0.05) is 36.6 Å². The fourth-order valence-corrected chi connectivity index (χ4v) is 2.92. The highest BCUT2D eigenvalue weighted by Gasteiger charge is 1.96. The molecule has 0 saturated carbocycles. The van der Waals surface area contributed by atoms with E-state index in [0.29, 0.717) is 6.61 Å². The molecule has 0 unspecified atom stereocenters. The third kappa shape index (κ3) is 6.08. The number of thiophene rings is 1. The minimum absolute atomic E-state index is 0.687. The summed E-state index contributed by atoms with van der Waals surface area (Å²) in [4.78, 5) is 0. The van der Waals surface area contributed by atoms with Crippen molar-refractivity contribution in [3.05, 3.63) is 57.2 Å². The summed E-state index contributed by atoms with van der Waals surface area (Å²) in [7, 11) is 0. The molecule has 0 aliphatic carbocycles. The summed E-state index contributed by atoms with van der Waals surface area (Å²) in [5, 5.41) is 5.18. The van der Waals surface area contributed by atoms with Crippen LogP contribution in [0.25, 0.3) is 0 Å². The van der Waals surface area contributed by atoms with Gasteiger partial charge in [-0.3, -0.25) is 0 Å². The number of ether oxygens (including phenoxy) is 1. The monoisotopic (exact) mass is 308 g/mol. The van der Waals surface area contributed by atoms with Crippen molar-refractivity contribution in [2.24, 2.45) is 0 Å². The minimum atomic E-state index is 0.687.